The maximum absolute atomic E-state index is 2.67. The molecule has 5 aliphatic rings. The van der Waals surface area contributed by atoms with Crippen LogP contribution in [0.25, 0.3) is 22.9 Å². The third-order valence-corrected chi connectivity index (χ3v) is 13.9. The lowest BCUT2D eigenvalue weighted by Gasteiger charge is -2.38. The number of hydrogen-bond acceptors (Lipinski definition) is 2. The van der Waals surface area contributed by atoms with E-state index in [1.54, 1.807) is 5.56 Å². The Morgan fingerprint density at radius 1 is 0.561 bits per heavy atom. The summed E-state index contributed by atoms with van der Waals surface area (Å²) in [5.41, 5.74) is 19.3. The SMILES string of the molecule is C1=CC2c3ccc(/C=C/c4ccc(N5c6ccccc6Cc6ccccc65)c5ccccc45)cc3C3(Cc4ccccc4C3)C2C=C1N1CCCc2ccccc21. The standard InChI is InChI=1S/C55H44N2/c1-2-16-43-36-55(35-42(43)15-1)49-32-37(24-28-46(49)47-29-27-44(34-50(47)55)56-31-11-17-39-12-3-8-20-51(39)56)23-25-38-26-30-54(48-19-7-6-18-45(38)48)57-52-21-9-4-13-40(52)33-41-14-5-10-22-53(41)57/h1-10,12-16,18-30,32,34,47,50H,11,17,31,33,35-36H2/b25-23+. The third kappa shape index (κ3) is 5.09. The van der Waals surface area contributed by atoms with Crippen molar-refractivity contribution in [3.8, 4) is 0 Å². The van der Waals surface area contributed by atoms with Gasteiger partial charge in [-0.2, -0.15) is 0 Å². The van der Waals surface area contributed by atoms with Crippen LogP contribution in [0.2, 0.25) is 0 Å². The van der Waals surface area contributed by atoms with E-state index in [4.69, 9.17) is 0 Å². The van der Waals surface area contributed by atoms with Crippen molar-refractivity contribution in [3.63, 3.8) is 0 Å². The highest BCUT2D eigenvalue weighted by atomic mass is 15.2. The first-order chi connectivity index (χ1) is 28.2. The van der Waals surface area contributed by atoms with Gasteiger partial charge < -0.3 is 9.80 Å². The minimum atomic E-state index is 0.0359. The van der Waals surface area contributed by atoms with Gasteiger partial charge in [0.25, 0.3) is 0 Å². The summed E-state index contributed by atoms with van der Waals surface area (Å²) in [5, 5.41) is 2.53. The molecule has 274 valence electrons. The molecule has 1 spiro atoms. The van der Waals surface area contributed by atoms with Gasteiger partial charge in [0.05, 0.1) is 5.69 Å². The molecule has 57 heavy (non-hydrogen) atoms. The minimum absolute atomic E-state index is 0.0359. The molecule has 0 N–H and O–H groups in total. The maximum Gasteiger partial charge on any atom is 0.0540 e. The molecule has 0 aromatic heterocycles. The van der Waals surface area contributed by atoms with Crippen molar-refractivity contribution in [3.05, 3.63) is 226 Å². The molecule has 2 atom stereocenters. The Kier molecular flexibility index (Phi) is 7.39. The molecule has 7 aromatic carbocycles. The Hall–Kier alpha value is -6.38. The average Bonchev–Trinajstić information content (AvgIpc) is 3.79. The van der Waals surface area contributed by atoms with E-state index in [0.717, 1.165) is 32.2 Å². The van der Waals surface area contributed by atoms with Crippen LogP contribution in [-0.2, 0) is 31.1 Å². The summed E-state index contributed by atoms with van der Waals surface area (Å²) in [6.07, 6.45) is 17.8. The van der Waals surface area contributed by atoms with Gasteiger partial charge in [-0.1, -0.05) is 152 Å². The zero-order chi connectivity index (χ0) is 37.5. The number of rotatable bonds is 4. The number of allylic oxidation sites excluding steroid dienone is 3. The van der Waals surface area contributed by atoms with Gasteiger partial charge in [-0.15, -0.1) is 0 Å². The van der Waals surface area contributed by atoms with Crippen molar-refractivity contribution in [2.24, 2.45) is 5.92 Å². The molecule has 3 aliphatic carbocycles. The van der Waals surface area contributed by atoms with E-state index in [1.165, 1.54) is 90.1 Å². The lowest BCUT2D eigenvalue weighted by molar-refractivity contribution is 0.341. The first-order valence-corrected chi connectivity index (χ1v) is 20.8. The number of hydrogen-bond donors (Lipinski definition) is 0. The third-order valence-electron chi connectivity index (χ3n) is 13.9. The molecule has 0 radical (unpaired) electrons. The summed E-state index contributed by atoms with van der Waals surface area (Å²) in [6, 6.07) is 56.9. The highest BCUT2D eigenvalue weighted by molar-refractivity contribution is 6.04. The van der Waals surface area contributed by atoms with Gasteiger partial charge in [0.1, 0.15) is 0 Å². The maximum atomic E-state index is 2.67. The molecular weight excluding hydrogens is 689 g/mol. The average molecular weight is 733 g/mol. The first kappa shape index (κ1) is 32.8. The van der Waals surface area contributed by atoms with E-state index in [-0.39, 0.29) is 5.41 Å². The number of anilines is 4. The lowest BCUT2D eigenvalue weighted by atomic mass is 9.69. The van der Waals surface area contributed by atoms with Gasteiger partial charge >= 0.3 is 0 Å². The summed E-state index contributed by atoms with van der Waals surface area (Å²) in [4.78, 5) is 5.07. The van der Waals surface area contributed by atoms with Gasteiger partial charge in [-0.05, 0) is 117 Å². The number of nitrogens with zero attached hydrogens (tertiary/aromatic N) is 2. The van der Waals surface area contributed by atoms with Crippen LogP contribution in [0.15, 0.2) is 176 Å². The molecule has 0 bridgehead atoms. The van der Waals surface area contributed by atoms with Crippen LogP contribution in [0.1, 0.15) is 62.4 Å². The Morgan fingerprint density at radius 3 is 1.96 bits per heavy atom. The van der Waals surface area contributed by atoms with Crippen molar-refractivity contribution in [2.45, 2.75) is 43.4 Å². The van der Waals surface area contributed by atoms with Crippen molar-refractivity contribution < 1.29 is 0 Å². The van der Waals surface area contributed by atoms with E-state index in [1.807, 2.05) is 0 Å². The molecule has 0 saturated carbocycles. The first-order valence-electron chi connectivity index (χ1n) is 20.8. The number of para-hydroxylation sites is 3. The fraction of sp³-hybridized carbons (Fsp3) is 0.164. The molecule has 2 aliphatic heterocycles. The summed E-state index contributed by atoms with van der Waals surface area (Å²) >= 11 is 0. The molecule has 7 aromatic rings. The van der Waals surface area contributed by atoms with E-state index in [0.29, 0.717) is 11.8 Å². The topological polar surface area (TPSA) is 6.48 Å². The van der Waals surface area contributed by atoms with Gasteiger partial charge in [0, 0.05) is 52.4 Å². The van der Waals surface area contributed by atoms with Crippen LogP contribution < -0.4 is 9.80 Å². The number of fused-ring (bicyclic) bond motifs is 10. The Bertz CT molecular complexity index is 2780. The van der Waals surface area contributed by atoms with Crippen molar-refractivity contribution in [1.82, 2.24) is 0 Å². The molecule has 0 fully saturated rings. The van der Waals surface area contributed by atoms with Crippen molar-refractivity contribution in [1.29, 1.82) is 0 Å². The second-order valence-corrected chi connectivity index (χ2v) is 16.8. The Balaban J connectivity index is 0.930. The van der Waals surface area contributed by atoms with Gasteiger partial charge in [0.2, 0.25) is 0 Å². The minimum Gasteiger partial charge on any atom is -0.342 e. The van der Waals surface area contributed by atoms with E-state index in [9.17, 15) is 0 Å². The van der Waals surface area contributed by atoms with E-state index >= 15 is 0 Å². The second-order valence-electron chi connectivity index (χ2n) is 16.8. The van der Waals surface area contributed by atoms with E-state index in [2.05, 4.69) is 192 Å². The normalized spacial score (nSPS) is 19.5. The fourth-order valence-corrected chi connectivity index (χ4v) is 11.3. The predicted octanol–water partition coefficient (Wildman–Crippen LogP) is 13.0. The van der Waals surface area contributed by atoms with Crippen LogP contribution >= 0.6 is 0 Å². The molecule has 12 rings (SSSR count). The van der Waals surface area contributed by atoms with Gasteiger partial charge in [0.15, 0.2) is 0 Å². The van der Waals surface area contributed by atoms with Crippen LogP contribution in [0.5, 0.6) is 0 Å². The van der Waals surface area contributed by atoms with Crippen LogP contribution in [-0.4, -0.2) is 6.54 Å². The summed E-state index contributed by atoms with van der Waals surface area (Å²) in [5.74, 6) is 0.799. The molecular formula is C55H44N2. The Labute approximate surface area is 335 Å². The zero-order valence-electron chi connectivity index (χ0n) is 32.1. The quantitative estimate of drug-likeness (QED) is 0.166. The monoisotopic (exact) mass is 732 g/mol. The summed E-state index contributed by atoms with van der Waals surface area (Å²) in [7, 11) is 0. The highest BCUT2D eigenvalue weighted by Crippen LogP contribution is 2.59. The largest absolute Gasteiger partial charge is 0.342 e. The number of aryl methyl sites for hydroxylation is 1. The smallest absolute Gasteiger partial charge is 0.0540 e. The van der Waals surface area contributed by atoms with E-state index < -0.39 is 0 Å². The second kappa shape index (κ2) is 12.8. The molecule has 2 heterocycles. The van der Waals surface area contributed by atoms with Gasteiger partial charge in [-0.25, -0.2) is 0 Å². The summed E-state index contributed by atoms with van der Waals surface area (Å²) < 4.78 is 0. The molecule has 2 nitrogen and oxygen atoms in total. The Morgan fingerprint density at radius 2 is 1.21 bits per heavy atom. The molecule has 2 unspecified atom stereocenters. The van der Waals surface area contributed by atoms with Crippen molar-refractivity contribution >= 4 is 45.7 Å². The fourth-order valence-electron chi connectivity index (χ4n) is 11.3. The van der Waals surface area contributed by atoms with Crippen molar-refractivity contribution in [2.75, 3.05) is 16.3 Å². The number of benzene rings is 7. The highest BCUT2D eigenvalue weighted by Gasteiger charge is 2.54. The molecule has 0 saturated heterocycles. The molecule has 2 heteroatoms. The zero-order valence-corrected chi connectivity index (χ0v) is 32.1. The summed E-state index contributed by atoms with van der Waals surface area (Å²) in [6.45, 7) is 1.08. The molecule has 0 amide bonds. The predicted molar refractivity (Wildman–Crippen MR) is 238 cm³/mol. The van der Waals surface area contributed by atoms with Crippen LogP contribution in [0.3, 0.4) is 0 Å². The van der Waals surface area contributed by atoms with Gasteiger partial charge in [-0.3, -0.25) is 0 Å². The van der Waals surface area contributed by atoms with Crippen LogP contribution in [0.4, 0.5) is 22.7 Å². The lowest BCUT2D eigenvalue weighted by Crippen LogP contribution is -2.36. The van der Waals surface area contributed by atoms with Crippen LogP contribution in [0, 0.1) is 5.92 Å².